The predicted molar refractivity (Wildman–Crippen MR) is 20.7 cm³/mol. The van der Waals surface area contributed by atoms with E-state index in [0.717, 1.165) is 0 Å². The highest BCUT2D eigenvalue weighted by Crippen LogP contribution is 1.44. The molecule has 0 unspecified atom stereocenters. The summed E-state index contributed by atoms with van der Waals surface area (Å²) in [6.07, 6.45) is 0. The molecule has 0 saturated carbocycles. The van der Waals surface area contributed by atoms with Crippen LogP contribution in [0.1, 0.15) is 0 Å². The number of rotatable bonds is 0. The molecule has 0 amide bonds. The lowest BCUT2D eigenvalue weighted by atomic mass is 13.1. The zero-order chi connectivity index (χ0) is 3.58. The van der Waals surface area contributed by atoms with Crippen LogP contribution >= 0.6 is 13.5 Å². The Labute approximate surface area is 35.0 Å². The molecule has 0 bridgehead atoms. The van der Waals surface area contributed by atoms with Crippen molar-refractivity contribution in [3.8, 4) is 0 Å². The van der Waals surface area contributed by atoms with Gasteiger partial charge in [-0.2, -0.15) is 13.5 Å². The van der Waals surface area contributed by atoms with Crippen LogP contribution < -0.4 is 0 Å². The minimum Gasteiger partial charge on any atom is -0.356 e. The van der Waals surface area contributed by atoms with Crippen molar-refractivity contribution in [2.75, 3.05) is 0 Å². The van der Waals surface area contributed by atoms with Crippen molar-refractivity contribution in [2.45, 2.75) is 0 Å². The van der Waals surface area contributed by atoms with Gasteiger partial charge in [0.05, 0.1) is 5.09 Å². The van der Waals surface area contributed by atoms with Crippen molar-refractivity contribution in [3.63, 3.8) is 0 Å². The molecule has 32 valence electrons. The molecule has 0 atom stereocenters. The van der Waals surface area contributed by atoms with Crippen LogP contribution in [0.25, 0.3) is 0 Å². The van der Waals surface area contributed by atoms with Gasteiger partial charge in [0.2, 0.25) is 0 Å². The number of hydrogen-bond acceptors (Lipinski definition) is 3. The van der Waals surface area contributed by atoms with Crippen LogP contribution in [-0.2, 0) is 0 Å². The van der Waals surface area contributed by atoms with Crippen LogP contribution in [0.3, 0.4) is 0 Å². The smallest absolute Gasteiger partial charge is 0.0689 e. The fourth-order valence-electron chi connectivity index (χ4n) is 0. The second-order valence-corrected chi connectivity index (χ2v) is 0.224. The quantitative estimate of drug-likeness (QED) is 0.311. The number of nitrogens with zero attached hydrogens (tertiary/aromatic N) is 1. The minimum atomic E-state index is -1.75. The predicted octanol–water partition coefficient (Wildman–Crippen LogP) is -0.126. The summed E-state index contributed by atoms with van der Waals surface area (Å²) in [7, 11) is 0. The highest BCUT2D eigenvalue weighted by atomic mass is 32.1. The molecule has 5 heteroatoms. The molecule has 0 aliphatic carbocycles. The van der Waals surface area contributed by atoms with Gasteiger partial charge in [-0.05, 0) is 0 Å². The minimum absolute atomic E-state index is 0. The Morgan fingerprint density at radius 3 is 1.40 bits per heavy atom. The van der Waals surface area contributed by atoms with Gasteiger partial charge >= 0.3 is 0 Å². The fourth-order valence-corrected chi connectivity index (χ4v) is 0. The summed E-state index contributed by atoms with van der Waals surface area (Å²) in [6.45, 7) is 0. The monoisotopic (exact) mass is 96.0 g/mol. The van der Waals surface area contributed by atoms with Gasteiger partial charge in [-0.25, -0.2) is 0 Å². The first-order chi connectivity index (χ1) is 1.73. The number of hydrogen-bond donors (Lipinski definition) is 0. The third-order valence-electron chi connectivity index (χ3n) is 0. The molecule has 5 heavy (non-hydrogen) atoms. The first-order valence-corrected chi connectivity index (χ1v) is 0.548. The molecule has 0 aromatic heterocycles. The molecule has 0 aromatic carbocycles. The van der Waals surface area contributed by atoms with E-state index in [1.54, 1.807) is 0 Å². The van der Waals surface area contributed by atoms with Crippen LogP contribution in [0.2, 0.25) is 0 Å². The SMILES string of the molecule is O=[N+]([O-])[O-].S. The molecule has 4 nitrogen and oxygen atoms in total. The third-order valence-corrected chi connectivity index (χ3v) is 0. The summed E-state index contributed by atoms with van der Waals surface area (Å²) < 4.78 is 0. The summed E-state index contributed by atoms with van der Waals surface area (Å²) in [4.78, 5) is 8.25. The van der Waals surface area contributed by atoms with Gasteiger partial charge in [0.15, 0.2) is 0 Å². The summed E-state index contributed by atoms with van der Waals surface area (Å²) in [5.74, 6) is 0. The molecule has 0 aromatic rings. The standard InChI is InChI=1S/NO3.H2S/c2-1(3)4;/h;1H2/q-1;. The lowest BCUT2D eigenvalue weighted by Crippen LogP contribution is -1.74. The van der Waals surface area contributed by atoms with Crippen LogP contribution in [0.5, 0.6) is 0 Å². The fraction of sp³-hybridized carbons (Fsp3) is 0. The van der Waals surface area contributed by atoms with Gasteiger partial charge in [-0.15, -0.1) is 0 Å². The Balaban J connectivity index is 0. The Morgan fingerprint density at radius 2 is 1.40 bits per heavy atom. The van der Waals surface area contributed by atoms with Crippen LogP contribution in [0, 0.1) is 15.3 Å². The summed E-state index contributed by atoms with van der Waals surface area (Å²) in [5.41, 5.74) is 0. The van der Waals surface area contributed by atoms with E-state index < -0.39 is 5.09 Å². The normalized spacial score (nSPS) is 4.80. The van der Waals surface area contributed by atoms with Crippen molar-refractivity contribution in [1.82, 2.24) is 0 Å². The molecule has 0 rings (SSSR count). The van der Waals surface area contributed by atoms with Gasteiger partial charge in [0.1, 0.15) is 0 Å². The van der Waals surface area contributed by atoms with Gasteiger partial charge in [0.25, 0.3) is 0 Å². The van der Waals surface area contributed by atoms with E-state index in [4.69, 9.17) is 15.3 Å². The Hall–Kier alpha value is -0.450. The van der Waals surface area contributed by atoms with Crippen LogP contribution in [0.4, 0.5) is 0 Å². The highest BCUT2D eigenvalue weighted by molar-refractivity contribution is 7.59. The molecular formula is H2NO3S-. The van der Waals surface area contributed by atoms with Crippen molar-refractivity contribution < 1.29 is 5.09 Å². The van der Waals surface area contributed by atoms with Gasteiger partial charge in [0, 0.05) is 0 Å². The zero-order valence-electron chi connectivity index (χ0n) is 2.17. The second-order valence-electron chi connectivity index (χ2n) is 0.224. The van der Waals surface area contributed by atoms with Crippen LogP contribution in [-0.4, -0.2) is 5.09 Å². The molecule has 0 N–H and O–H groups in total. The van der Waals surface area contributed by atoms with Crippen molar-refractivity contribution in [2.24, 2.45) is 0 Å². The molecule has 0 aliphatic rings. The lowest BCUT2D eigenvalue weighted by molar-refractivity contribution is -0.402. The van der Waals surface area contributed by atoms with Gasteiger partial charge in [-0.1, -0.05) is 0 Å². The summed E-state index contributed by atoms with van der Waals surface area (Å²) >= 11 is 0. The molecule has 0 heterocycles. The second kappa shape index (κ2) is 3.55. The largest absolute Gasteiger partial charge is 0.356 e. The van der Waals surface area contributed by atoms with E-state index in [9.17, 15) is 0 Å². The maximum absolute atomic E-state index is 8.25. The van der Waals surface area contributed by atoms with Gasteiger partial charge < -0.3 is 15.3 Å². The lowest BCUT2D eigenvalue weighted by Gasteiger charge is -1.74. The van der Waals surface area contributed by atoms with Crippen molar-refractivity contribution in [1.29, 1.82) is 0 Å². The first kappa shape index (κ1) is 8.82. The van der Waals surface area contributed by atoms with E-state index in [-0.39, 0.29) is 13.5 Å². The first-order valence-electron chi connectivity index (χ1n) is 0.548. The van der Waals surface area contributed by atoms with E-state index >= 15 is 0 Å². The molecule has 0 saturated heterocycles. The Bertz CT molecular complexity index is 29.9. The maximum Gasteiger partial charge on any atom is 0.0689 e. The third kappa shape index (κ3) is 42.1. The topological polar surface area (TPSA) is 66.2 Å². The van der Waals surface area contributed by atoms with E-state index in [0.29, 0.717) is 0 Å². The van der Waals surface area contributed by atoms with Crippen molar-refractivity contribution >= 4 is 13.5 Å². The van der Waals surface area contributed by atoms with E-state index in [2.05, 4.69) is 0 Å². The van der Waals surface area contributed by atoms with E-state index in [1.807, 2.05) is 0 Å². The summed E-state index contributed by atoms with van der Waals surface area (Å²) in [5, 5.41) is 14.8. The average Bonchev–Trinajstić information content (AvgIpc) is 0.811. The van der Waals surface area contributed by atoms with Gasteiger partial charge in [-0.3, -0.25) is 0 Å². The molecule has 0 spiro atoms. The van der Waals surface area contributed by atoms with E-state index in [1.165, 1.54) is 0 Å². The molecule has 0 fully saturated rings. The Kier molecular flexibility index (Phi) is 6.26. The zero-order valence-corrected chi connectivity index (χ0v) is 3.17. The summed E-state index contributed by atoms with van der Waals surface area (Å²) in [6, 6.07) is 0. The van der Waals surface area contributed by atoms with Crippen LogP contribution in [0.15, 0.2) is 0 Å². The highest BCUT2D eigenvalue weighted by Gasteiger charge is 1.45. The Morgan fingerprint density at radius 1 is 1.40 bits per heavy atom. The average molecular weight is 96.1 g/mol. The maximum atomic E-state index is 8.25. The van der Waals surface area contributed by atoms with Crippen molar-refractivity contribution in [3.05, 3.63) is 15.3 Å². The molecular weight excluding hydrogens is 94.1 g/mol. The molecule has 0 aliphatic heterocycles. The molecule has 0 radical (unpaired) electrons.